The summed E-state index contributed by atoms with van der Waals surface area (Å²) in [6, 6.07) is 0.252. The van der Waals surface area contributed by atoms with Crippen molar-refractivity contribution in [2.75, 3.05) is 19.6 Å². The average molecular weight is 270 g/mol. The molecule has 5 nitrogen and oxygen atoms in total. The average Bonchev–Trinajstić information content (AvgIpc) is 2.38. The van der Waals surface area contributed by atoms with Crippen LogP contribution in [0.4, 0.5) is 0 Å². The highest BCUT2D eigenvalue weighted by atomic mass is 16.4. The molecule has 0 spiro atoms. The standard InChI is InChI=1S/C14H26N2O3/c1-2-3-9-15-13(17)11-16-10-5-4-6-12(16)7-8-14(18)19/h12H,2-11H2,1H3,(H,15,17)(H,18,19). The number of nitrogens with one attached hydrogen (secondary N) is 1. The Morgan fingerprint density at radius 1 is 1.37 bits per heavy atom. The van der Waals surface area contributed by atoms with Gasteiger partial charge in [-0.25, -0.2) is 0 Å². The summed E-state index contributed by atoms with van der Waals surface area (Å²) in [6.07, 6.45) is 6.18. The Balaban J connectivity index is 2.34. The molecule has 5 heteroatoms. The first-order chi connectivity index (χ1) is 9.13. The molecule has 110 valence electrons. The van der Waals surface area contributed by atoms with Crippen molar-refractivity contribution in [3.63, 3.8) is 0 Å². The monoisotopic (exact) mass is 270 g/mol. The molecular weight excluding hydrogens is 244 g/mol. The number of carboxylic acids is 1. The first-order valence-corrected chi connectivity index (χ1v) is 7.36. The summed E-state index contributed by atoms with van der Waals surface area (Å²) in [7, 11) is 0. The SMILES string of the molecule is CCCCNC(=O)CN1CCCCC1CCC(=O)O. The number of rotatable bonds is 8. The number of carbonyl (C=O) groups excluding carboxylic acids is 1. The van der Waals surface area contributed by atoms with E-state index in [2.05, 4.69) is 17.1 Å². The van der Waals surface area contributed by atoms with Crippen LogP contribution >= 0.6 is 0 Å². The molecule has 0 aromatic rings. The van der Waals surface area contributed by atoms with Gasteiger partial charge in [0.2, 0.25) is 5.91 Å². The Morgan fingerprint density at radius 2 is 2.16 bits per heavy atom. The van der Waals surface area contributed by atoms with E-state index in [0.29, 0.717) is 13.0 Å². The van der Waals surface area contributed by atoms with Crippen LogP contribution in [0.25, 0.3) is 0 Å². The number of likely N-dealkylation sites (tertiary alicyclic amines) is 1. The highest BCUT2D eigenvalue weighted by Crippen LogP contribution is 2.20. The molecule has 1 saturated heterocycles. The summed E-state index contributed by atoms with van der Waals surface area (Å²) < 4.78 is 0. The lowest BCUT2D eigenvalue weighted by molar-refractivity contribution is -0.137. The van der Waals surface area contributed by atoms with Gasteiger partial charge in [-0.2, -0.15) is 0 Å². The molecule has 19 heavy (non-hydrogen) atoms. The Bertz CT molecular complexity index is 294. The van der Waals surface area contributed by atoms with Gasteiger partial charge < -0.3 is 10.4 Å². The van der Waals surface area contributed by atoms with Gasteiger partial charge in [-0.1, -0.05) is 19.8 Å². The smallest absolute Gasteiger partial charge is 0.303 e. The number of hydrogen-bond donors (Lipinski definition) is 2. The largest absolute Gasteiger partial charge is 0.481 e. The van der Waals surface area contributed by atoms with E-state index in [9.17, 15) is 9.59 Å². The van der Waals surface area contributed by atoms with E-state index in [4.69, 9.17) is 5.11 Å². The summed E-state index contributed by atoms with van der Waals surface area (Å²) >= 11 is 0. The van der Waals surface area contributed by atoms with Crippen molar-refractivity contribution < 1.29 is 14.7 Å². The highest BCUT2D eigenvalue weighted by molar-refractivity contribution is 5.78. The minimum atomic E-state index is -0.752. The molecule has 1 amide bonds. The highest BCUT2D eigenvalue weighted by Gasteiger charge is 2.24. The number of nitrogens with zero attached hydrogens (tertiary/aromatic N) is 1. The molecule has 0 aliphatic carbocycles. The zero-order valence-electron chi connectivity index (χ0n) is 11.9. The van der Waals surface area contributed by atoms with Crippen LogP contribution in [-0.4, -0.2) is 47.6 Å². The van der Waals surface area contributed by atoms with Crippen LogP contribution in [0.15, 0.2) is 0 Å². The fourth-order valence-electron chi connectivity index (χ4n) is 2.53. The van der Waals surface area contributed by atoms with Crippen molar-refractivity contribution >= 4 is 11.9 Å². The molecule has 1 rings (SSSR count). The molecular formula is C14H26N2O3. The lowest BCUT2D eigenvalue weighted by Gasteiger charge is -2.35. The number of amides is 1. The molecule has 1 atom stereocenters. The van der Waals surface area contributed by atoms with Gasteiger partial charge in [0, 0.05) is 19.0 Å². The van der Waals surface area contributed by atoms with Crippen LogP contribution in [0.3, 0.4) is 0 Å². The number of piperidine rings is 1. The fourth-order valence-corrected chi connectivity index (χ4v) is 2.53. The molecule has 0 saturated carbocycles. The molecule has 1 fully saturated rings. The Morgan fingerprint density at radius 3 is 2.84 bits per heavy atom. The van der Waals surface area contributed by atoms with Gasteiger partial charge in [0.05, 0.1) is 6.54 Å². The van der Waals surface area contributed by atoms with Crippen molar-refractivity contribution in [3.05, 3.63) is 0 Å². The Hall–Kier alpha value is -1.10. The second-order valence-electron chi connectivity index (χ2n) is 5.26. The summed E-state index contributed by atoms with van der Waals surface area (Å²) in [5.41, 5.74) is 0. The molecule has 0 aromatic carbocycles. The van der Waals surface area contributed by atoms with Gasteiger partial charge in [0.15, 0.2) is 0 Å². The molecule has 1 heterocycles. The van der Waals surface area contributed by atoms with Gasteiger partial charge in [0.25, 0.3) is 0 Å². The van der Waals surface area contributed by atoms with Crippen LogP contribution in [0, 0.1) is 0 Å². The predicted octanol–water partition coefficient (Wildman–Crippen LogP) is 1.62. The van der Waals surface area contributed by atoms with Crippen LogP contribution in [0.5, 0.6) is 0 Å². The predicted molar refractivity (Wildman–Crippen MR) is 74.0 cm³/mol. The van der Waals surface area contributed by atoms with Crippen LogP contribution in [0.1, 0.15) is 51.9 Å². The number of carbonyl (C=O) groups is 2. The van der Waals surface area contributed by atoms with Crippen molar-refractivity contribution in [3.8, 4) is 0 Å². The van der Waals surface area contributed by atoms with E-state index >= 15 is 0 Å². The van der Waals surface area contributed by atoms with E-state index in [1.165, 1.54) is 0 Å². The minimum Gasteiger partial charge on any atom is -0.481 e. The van der Waals surface area contributed by atoms with Gasteiger partial charge in [-0.3, -0.25) is 14.5 Å². The van der Waals surface area contributed by atoms with Gasteiger partial charge >= 0.3 is 5.97 Å². The Labute approximate surface area is 115 Å². The maximum Gasteiger partial charge on any atom is 0.303 e. The Kier molecular flexibility index (Phi) is 7.48. The fraction of sp³-hybridized carbons (Fsp3) is 0.857. The van der Waals surface area contributed by atoms with Crippen molar-refractivity contribution in [1.82, 2.24) is 10.2 Å². The van der Waals surface area contributed by atoms with E-state index in [0.717, 1.165) is 45.2 Å². The number of hydrogen-bond acceptors (Lipinski definition) is 3. The molecule has 2 N–H and O–H groups in total. The zero-order chi connectivity index (χ0) is 14.1. The molecule has 0 aromatic heterocycles. The maximum atomic E-state index is 11.8. The molecule has 1 aliphatic rings. The minimum absolute atomic E-state index is 0.0654. The number of carboxylic acid groups (broad SMARTS) is 1. The zero-order valence-corrected chi connectivity index (χ0v) is 11.9. The number of unbranched alkanes of at least 4 members (excludes halogenated alkanes) is 1. The first-order valence-electron chi connectivity index (χ1n) is 7.36. The normalized spacial score (nSPS) is 20.2. The molecule has 0 radical (unpaired) electrons. The summed E-state index contributed by atoms with van der Waals surface area (Å²) in [5.74, 6) is -0.686. The molecule has 0 bridgehead atoms. The quantitative estimate of drug-likeness (QED) is 0.658. The van der Waals surface area contributed by atoms with Crippen LogP contribution < -0.4 is 5.32 Å². The van der Waals surface area contributed by atoms with E-state index in [1.807, 2.05) is 0 Å². The molecule has 1 aliphatic heterocycles. The maximum absolute atomic E-state index is 11.8. The lowest BCUT2D eigenvalue weighted by Crippen LogP contribution is -2.45. The first kappa shape index (κ1) is 16.0. The van der Waals surface area contributed by atoms with Crippen molar-refractivity contribution in [2.45, 2.75) is 57.9 Å². The van der Waals surface area contributed by atoms with Crippen LogP contribution in [0.2, 0.25) is 0 Å². The number of aliphatic carboxylic acids is 1. The van der Waals surface area contributed by atoms with Crippen LogP contribution in [-0.2, 0) is 9.59 Å². The van der Waals surface area contributed by atoms with E-state index in [1.54, 1.807) is 0 Å². The van der Waals surface area contributed by atoms with Crippen molar-refractivity contribution in [2.24, 2.45) is 0 Å². The van der Waals surface area contributed by atoms with Gasteiger partial charge in [0.1, 0.15) is 0 Å². The van der Waals surface area contributed by atoms with Gasteiger partial charge in [-0.15, -0.1) is 0 Å². The van der Waals surface area contributed by atoms with Crippen molar-refractivity contribution in [1.29, 1.82) is 0 Å². The third kappa shape index (κ3) is 6.57. The topological polar surface area (TPSA) is 69.6 Å². The van der Waals surface area contributed by atoms with Gasteiger partial charge in [-0.05, 0) is 32.2 Å². The second kappa shape index (κ2) is 8.91. The third-order valence-corrected chi connectivity index (χ3v) is 3.64. The summed E-state index contributed by atoms with van der Waals surface area (Å²) in [6.45, 7) is 4.15. The van der Waals surface area contributed by atoms with E-state index in [-0.39, 0.29) is 18.4 Å². The summed E-state index contributed by atoms with van der Waals surface area (Å²) in [4.78, 5) is 24.6. The summed E-state index contributed by atoms with van der Waals surface area (Å²) in [5, 5.41) is 11.7. The lowest BCUT2D eigenvalue weighted by atomic mass is 9.98. The third-order valence-electron chi connectivity index (χ3n) is 3.64. The second-order valence-corrected chi connectivity index (χ2v) is 5.26. The van der Waals surface area contributed by atoms with E-state index < -0.39 is 5.97 Å². The molecule has 1 unspecified atom stereocenters.